The van der Waals surface area contributed by atoms with E-state index in [0.29, 0.717) is 39.3 Å². The first-order valence-electron chi connectivity index (χ1n) is 7.57. The fraction of sp³-hybridized carbons (Fsp3) is 0.786. The number of likely N-dealkylation sites (tertiary alicyclic amines) is 1. The summed E-state index contributed by atoms with van der Waals surface area (Å²) >= 11 is 0. The van der Waals surface area contributed by atoms with E-state index in [2.05, 4.69) is 0 Å². The topological polar surface area (TPSA) is 87.0 Å². The lowest BCUT2D eigenvalue weighted by Gasteiger charge is -2.33. The molecule has 4 amide bonds. The second-order valence-electron chi connectivity index (χ2n) is 5.78. The van der Waals surface area contributed by atoms with Crippen LogP contribution < -0.4 is 5.73 Å². The average Bonchev–Trinajstić information content (AvgIpc) is 2.72. The lowest BCUT2D eigenvalue weighted by atomic mass is 9.95. The van der Waals surface area contributed by atoms with Crippen molar-refractivity contribution in [3.05, 3.63) is 0 Å². The fourth-order valence-corrected chi connectivity index (χ4v) is 3.06. The maximum atomic E-state index is 12.5. The van der Waals surface area contributed by atoms with Crippen LogP contribution in [0, 0.1) is 5.92 Å². The summed E-state index contributed by atoms with van der Waals surface area (Å²) < 4.78 is 0. The Kier molecular flexibility index (Phi) is 5.03. The molecule has 2 aliphatic heterocycles. The van der Waals surface area contributed by atoms with E-state index < -0.39 is 6.03 Å². The molecule has 2 aliphatic rings. The van der Waals surface area contributed by atoms with E-state index in [-0.39, 0.29) is 17.7 Å². The minimum Gasteiger partial charge on any atom is -0.351 e. The third-order valence-electron chi connectivity index (χ3n) is 4.41. The van der Waals surface area contributed by atoms with E-state index in [1.54, 1.807) is 16.7 Å². The number of urea groups is 1. The van der Waals surface area contributed by atoms with Gasteiger partial charge >= 0.3 is 6.03 Å². The maximum absolute atomic E-state index is 12.5. The molecule has 0 aliphatic carbocycles. The molecular formula is C14H24N4O3. The van der Waals surface area contributed by atoms with Gasteiger partial charge in [0, 0.05) is 52.1 Å². The van der Waals surface area contributed by atoms with Gasteiger partial charge in [0.15, 0.2) is 0 Å². The second-order valence-corrected chi connectivity index (χ2v) is 5.78. The Balaban J connectivity index is 1.86. The van der Waals surface area contributed by atoms with Crippen molar-refractivity contribution in [2.45, 2.75) is 26.2 Å². The van der Waals surface area contributed by atoms with E-state index >= 15 is 0 Å². The summed E-state index contributed by atoms with van der Waals surface area (Å²) in [6, 6.07) is -0.418. The van der Waals surface area contributed by atoms with Crippen LogP contribution in [-0.4, -0.2) is 71.8 Å². The molecule has 0 unspecified atom stereocenters. The van der Waals surface area contributed by atoms with Crippen molar-refractivity contribution >= 4 is 17.8 Å². The van der Waals surface area contributed by atoms with Gasteiger partial charge in [-0.15, -0.1) is 0 Å². The highest BCUT2D eigenvalue weighted by molar-refractivity contribution is 5.80. The van der Waals surface area contributed by atoms with Crippen LogP contribution in [0.1, 0.15) is 26.2 Å². The van der Waals surface area contributed by atoms with Crippen LogP contribution in [0.3, 0.4) is 0 Å². The molecule has 118 valence electrons. The van der Waals surface area contributed by atoms with Crippen LogP contribution in [0.4, 0.5) is 4.79 Å². The van der Waals surface area contributed by atoms with Crippen molar-refractivity contribution in [3.8, 4) is 0 Å². The highest BCUT2D eigenvalue weighted by Gasteiger charge is 2.30. The molecule has 0 spiro atoms. The Hall–Kier alpha value is -1.79. The number of primary amides is 1. The zero-order chi connectivity index (χ0) is 15.4. The van der Waals surface area contributed by atoms with Crippen LogP contribution in [0.25, 0.3) is 0 Å². The van der Waals surface area contributed by atoms with Crippen molar-refractivity contribution in [2.75, 3.05) is 39.3 Å². The smallest absolute Gasteiger partial charge is 0.314 e. The standard InChI is InChI=1S/C14H24N4O3/c1-11(19)16-7-3-12(4-8-16)13(20)17-5-2-6-18(10-9-17)14(15)21/h12H,2-10H2,1H3,(H2,15,21). The molecule has 0 aromatic carbocycles. The number of piperidine rings is 1. The molecule has 0 saturated carbocycles. The fourth-order valence-electron chi connectivity index (χ4n) is 3.06. The van der Waals surface area contributed by atoms with E-state index in [9.17, 15) is 14.4 Å². The van der Waals surface area contributed by atoms with E-state index in [1.807, 2.05) is 4.90 Å². The van der Waals surface area contributed by atoms with E-state index in [1.165, 1.54) is 0 Å². The Bertz CT molecular complexity index is 418. The first-order valence-corrected chi connectivity index (χ1v) is 7.57. The van der Waals surface area contributed by atoms with Crippen molar-refractivity contribution in [3.63, 3.8) is 0 Å². The Morgan fingerprint density at radius 1 is 0.857 bits per heavy atom. The highest BCUT2D eigenvalue weighted by atomic mass is 16.2. The summed E-state index contributed by atoms with van der Waals surface area (Å²) in [6.07, 6.45) is 2.23. The first kappa shape index (κ1) is 15.6. The van der Waals surface area contributed by atoms with Crippen molar-refractivity contribution in [1.82, 2.24) is 14.7 Å². The Morgan fingerprint density at radius 2 is 1.43 bits per heavy atom. The molecule has 0 aromatic rings. The summed E-state index contributed by atoms with van der Waals surface area (Å²) in [7, 11) is 0. The van der Waals surface area contributed by atoms with Crippen molar-refractivity contribution in [1.29, 1.82) is 0 Å². The number of rotatable bonds is 1. The van der Waals surface area contributed by atoms with Crippen LogP contribution >= 0.6 is 0 Å². The number of hydrogen-bond acceptors (Lipinski definition) is 3. The van der Waals surface area contributed by atoms with Crippen LogP contribution in [-0.2, 0) is 9.59 Å². The summed E-state index contributed by atoms with van der Waals surface area (Å²) in [5.74, 6) is 0.234. The molecule has 0 atom stereocenters. The van der Waals surface area contributed by atoms with Gasteiger partial charge in [0.05, 0.1) is 0 Å². The molecule has 2 heterocycles. The number of carbonyl (C=O) groups is 3. The van der Waals surface area contributed by atoms with Gasteiger partial charge in [-0.3, -0.25) is 9.59 Å². The van der Waals surface area contributed by atoms with Gasteiger partial charge in [0.25, 0.3) is 0 Å². The molecule has 21 heavy (non-hydrogen) atoms. The SMILES string of the molecule is CC(=O)N1CCC(C(=O)N2CCCN(C(N)=O)CC2)CC1. The molecule has 0 aromatic heterocycles. The van der Waals surface area contributed by atoms with Gasteiger partial charge in [0.2, 0.25) is 11.8 Å². The lowest BCUT2D eigenvalue weighted by molar-refractivity contribution is -0.140. The Labute approximate surface area is 125 Å². The zero-order valence-corrected chi connectivity index (χ0v) is 12.6. The third-order valence-corrected chi connectivity index (χ3v) is 4.41. The highest BCUT2D eigenvalue weighted by Crippen LogP contribution is 2.20. The van der Waals surface area contributed by atoms with Gasteiger partial charge in [-0.2, -0.15) is 0 Å². The molecular weight excluding hydrogens is 272 g/mol. The molecule has 2 rings (SSSR count). The lowest BCUT2D eigenvalue weighted by Crippen LogP contribution is -2.45. The molecule has 2 fully saturated rings. The number of hydrogen-bond donors (Lipinski definition) is 1. The van der Waals surface area contributed by atoms with Crippen LogP contribution in [0.5, 0.6) is 0 Å². The molecule has 7 heteroatoms. The summed E-state index contributed by atoms with van der Waals surface area (Å²) in [5, 5.41) is 0. The van der Waals surface area contributed by atoms with Crippen molar-refractivity contribution in [2.24, 2.45) is 11.7 Å². The van der Waals surface area contributed by atoms with Gasteiger partial charge in [0.1, 0.15) is 0 Å². The predicted molar refractivity (Wildman–Crippen MR) is 77.3 cm³/mol. The monoisotopic (exact) mass is 296 g/mol. The van der Waals surface area contributed by atoms with Gasteiger partial charge < -0.3 is 20.4 Å². The normalized spacial score (nSPS) is 21.1. The second kappa shape index (κ2) is 6.78. The predicted octanol–water partition coefficient (Wildman–Crippen LogP) is -0.142. The molecule has 7 nitrogen and oxygen atoms in total. The minimum absolute atomic E-state index is 0.000674. The molecule has 0 radical (unpaired) electrons. The molecule has 2 N–H and O–H groups in total. The largest absolute Gasteiger partial charge is 0.351 e. The molecule has 2 saturated heterocycles. The number of carbonyl (C=O) groups excluding carboxylic acids is 3. The average molecular weight is 296 g/mol. The first-order chi connectivity index (χ1) is 9.99. The number of nitrogens with zero attached hydrogens (tertiary/aromatic N) is 3. The summed E-state index contributed by atoms with van der Waals surface area (Å²) in [6.45, 7) is 5.23. The van der Waals surface area contributed by atoms with Crippen LogP contribution in [0.15, 0.2) is 0 Å². The quantitative estimate of drug-likeness (QED) is 0.730. The van der Waals surface area contributed by atoms with Gasteiger partial charge in [-0.25, -0.2) is 4.79 Å². The Morgan fingerprint density at radius 3 is 2.00 bits per heavy atom. The van der Waals surface area contributed by atoms with Gasteiger partial charge in [-0.1, -0.05) is 0 Å². The van der Waals surface area contributed by atoms with E-state index in [4.69, 9.17) is 5.73 Å². The minimum atomic E-state index is -0.418. The number of amides is 4. The third kappa shape index (κ3) is 3.86. The van der Waals surface area contributed by atoms with E-state index in [0.717, 1.165) is 19.3 Å². The molecule has 0 bridgehead atoms. The maximum Gasteiger partial charge on any atom is 0.314 e. The van der Waals surface area contributed by atoms with Crippen molar-refractivity contribution < 1.29 is 14.4 Å². The number of nitrogens with two attached hydrogens (primary N) is 1. The van der Waals surface area contributed by atoms with Crippen LogP contribution in [0.2, 0.25) is 0 Å². The van der Waals surface area contributed by atoms with Gasteiger partial charge in [-0.05, 0) is 19.3 Å². The summed E-state index contributed by atoms with van der Waals surface area (Å²) in [5.41, 5.74) is 5.29. The summed E-state index contributed by atoms with van der Waals surface area (Å²) in [4.78, 5) is 40.3. The zero-order valence-electron chi connectivity index (χ0n) is 12.6.